The fourth-order valence-electron chi connectivity index (χ4n) is 4.07. The molecule has 0 saturated carbocycles. The number of aromatic nitrogens is 2. The van der Waals surface area contributed by atoms with Gasteiger partial charge in [0.2, 0.25) is 0 Å². The van der Waals surface area contributed by atoms with E-state index in [0.29, 0.717) is 6.04 Å². The number of halogens is 1. The highest BCUT2D eigenvalue weighted by Crippen LogP contribution is 2.28. The van der Waals surface area contributed by atoms with E-state index in [4.69, 9.17) is 0 Å². The number of benzene rings is 1. The molecule has 0 bridgehead atoms. The first-order chi connectivity index (χ1) is 13.4. The number of para-hydroxylation sites is 1. The molecule has 1 aliphatic rings. The van der Waals surface area contributed by atoms with Crippen LogP contribution in [0, 0.1) is 13.8 Å². The van der Waals surface area contributed by atoms with E-state index in [9.17, 15) is 0 Å². The number of aliphatic imine (C=N–C) groups is 1. The van der Waals surface area contributed by atoms with Gasteiger partial charge in [0, 0.05) is 50.6 Å². The number of anilines is 1. The second kappa shape index (κ2) is 10.3. The van der Waals surface area contributed by atoms with Crippen LogP contribution in [0.15, 0.2) is 29.3 Å². The molecule has 0 fully saturated rings. The van der Waals surface area contributed by atoms with Gasteiger partial charge in [0.15, 0.2) is 5.96 Å². The van der Waals surface area contributed by atoms with Crippen LogP contribution < -0.4 is 15.5 Å². The van der Waals surface area contributed by atoms with Crippen LogP contribution in [0.5, 0.6) is 0 Å². The van der Waals surface area contributed by atoms with Gasteiger partial charge in [-0.2, -0.15) is 5.10 Å². The van der Waals surface area contributed by atoms with Crippen molar-refractivity contribution in [3.8, 4) is 0 Å². The molecule has 29 heavy (non-hydrogen) atoms. The van der Waals surface area contributed by atoms with Crippen LogP contribution >= 0.6 is 24.0 Å². The normalized spacial score (nSPS) is 15.5. The maximum absolute atomic E-state index is 4.52. The summed E-state index contributed by atoms with van der Waals surface area (Å²) in [7, 11) is 3.83. The molecule has 2 aromatic rings. The summed E-state index contributed by atoms with van der Waals surface area (Å²) in [6.07, 6.45) is 2.07. The first-order valence-corrected chi connectivity index (χ1v) is 10.2. The standard InChI is InChI=1S/C22H34N6.HI/c1-15(13-20-17(3)26-27(6)18(20)4)25-22(23-5)24-14-16(2)28-12-11-19-9-7-8-10-21(19)28;/h7-10,15-16H,11-14H2,1-6H3,(H2,23,24,25);1H. The summed E-state index contributed by atoms with van der Waals surface area (Å²) < 4.78 is 1.96. The zero-order valence-electron chi connectivity index (χ0n) is 18.5. The second-order valence-electron chi connectivity index (χ2n) is 7.90. The molecule has 1 aromatic heterocycles. The summed E-state index contributed by atoms with van der Waals surface area (Å²) >= 11 is 0. The molecule has 1 aliphatic heterocycles. The minimum absolute atomic E-state index is 0. The Hall–Kier alpha value is -1.77. The molecule has 0 aliphatic carbocycles. The lowest BCUT2D eigenvalue weighted by atomic mass is 10.1. The van der Waals surface area contributed by atoms with E-state index in [2.05, 4.69) is 77.6 Å². The molecule has 0 amide bonds. The third-order valence-corrected chi connectivity index (χ3v) is 5.80. The van der Waals surface area contributed by atoms with E-state index in [1.54, 1.807) is 0 Å². The number of rotatable bonds is 6. The van der Waals surface area contributed by atoms with Gasteiger partial charge in [0.25, 0.3) is 0 Å². The third kappa shape index (κ3) is 5.43. The van der Waals surface area contributed by atoms with Gasteiger partial charge < -0.3 is 15.5 Å². The summed E-state index contributed by atoms with van der Waals surface area (Å²) in [4.78, 5) is 6.91. The molecule has 160 valence electrons. The van der Waals surface area contributed by atoms with Crippen LogP contribution in [0.4, 0.5) is 5.69 Å². The molecular weight excluding hydrogens is 475 g/mol. The molecule has 2 atom stereocenters. The van der Waals surface area contributed by atoms with Crippen LogP contribution in [0.3, 0.4) is 0 Å². The Balaban J connectivity index is 0.00000300. The van der Waals surface area contributed by atoms with Crippen LogP contribution in [0.1, 0.15) is 36.4 Å². The Morgan fingerprint density at radius 3 is 2.62 bits per heavy atom. The van der Waals surface area contributed by atoms with Crippen molar-refractivity contribution in [3.63, 3.8) is 0 Å². The third-order valence-electron chi connectivity index (χ3n) is 5.80. The first kappa shape index (κ1) is 23.5. The molecule has 3 rings (SSSR count). The molecule has 0 spiro atoms. The number of hydrogen-bond donors (Lipinski definition) is 2. The van der Waals surface area contributed by atoms with E-state index in [1.807, 2.05) is 18.8 Å². The SMILES string of the molecule is CN=C(NCC(C)N1CCc2ccccc21)NC(C)Cc1c(C)nn(C)c1C.I. The van der Waals surface area contributed by atoms with Gasteiger partial charge in [0.05, 0.1) is 5.69 Å². The largest absolute Gasteiger partial charge is 0.366 e. The highest BCUT2D eigenvalue weighted by Gasteiger charge is 2.23. The molecule has 7 heteroatoms. The highest BCUT2D eigenvalue weighted by atomic mass is 127. The van der Waals surface area contributed by atoms with Crippen molar-refractivity contribution in [1.29, 1.82) is 0 Å². The van der Waals surface area contributed by atoms with Crippen molar-refractivity contribution in [2.75, 3.05) is 25.0 Å². The highest BCUT2D eigenvalue weighted by molar-refractivity contribution is 14.0. The molecule has 0 radical (unpaired) electrons. The van der Waals surface area contributed by atoms with Gasteiger partial charge in [-0.15, -0.1) is 24.0 Å². The Bertz CT molecular complexity index is 844. The van der Waals surface area contributed by atoms with Gasteiger partial charge >= 0.3 is 0 Å². The van der Waals surface area contributed by atoms with Gasteiger partial charge in [-0.05, 0) is 57.7 Å². The first-order valence-electron chi connectivity index (χ1n) is 10.2. The van der Waals surface area contributed by atoms with Gasteiger partial charge in [-0.3, -0.25) is 9.67 Å². The average Bonchev–Trinajstić information content (AvgIpc) is 3.21. The second-order valence-corrected chi connectivity index (χ2v) is 7.90. The Labute approximate surface area is 192 Å². The lowest BCUT2D eigenvalue weighted by molar-refractivity contribution is 0.601. The van der Waals surface area contributed by atoms with Crippen molar-refractivity contribution < 1.29 is 0 Å². The molecular formula is C22H35IN6. The van der Waals surface area contributed by atoms with Gasteiger partial charge in [-0.1, -0.05) is 18.2 Å². The predicted molar refractivity (Wildman–Crippen MR) is 133 cm³/mol. The molecule has 2 unspecified atom stereocenters. The van der Waals surface area contributed by atoms with E-state index < -0.39 is 0 Å². The minimum atomic E-state index is 0. The van der Waals surface area contributed by atoms with Crippen LogP contribution in [-0.4, -0.2) is 48.0 Å². The van der Waals surface area contributed by atoms with Gasteiger partial charge in [0.1, 0.15) is 0 Å². The maximum Gasteiger partial charge on any atom is 0.191 e. The summed E-state index contributed by atoms with van der Waals surface area (Å²) in [5, 5.41) is 11.6. The Morgan fingerprint density at radius 1 is 1.24 bits per heavy atom. The number of nitrogens with one attached hydrogen (secondary N) is 2. The molecule has 6 nitrogen and oxygen atoms in total. The molecule has 2 heterocycles. The van der Waals surface area contributed by atoms with Crippen molar-refractivity contribution in [1.82, 2.24) is 20.4 Å². The fourth-order valence-corrected chi connectivity index (χ4v) is 4.07. The average molecular weight is 510 g/mol. The summed E-state index contributed by atoms with van der Waals surface area (Å²) in [5.74, 6) is 0.853. The minimum Gasteiger partial charge on any atom is -0.366 e. The number of aryl methyl sites for hydroxylation is 2. The van der Waals surface area contributed by atoms with E-state index in [-0.39, 0.29) is 30.0 Å². The summed E-state index contributed by atoms with van der Waals surface area (Å²) in [5.41, 5.74) is 6.48. The number of guanidine groups is 1. The number of nitrogens with zero attached hydrogens (tertiary/aromatic N) is 4. The summed E-state index contributed by atoms with van der Waals surface area (Å²) in [6, 6.07) is 9.40. The van der Waals surface area contributed by atoms with Crippen molar-refractivity contribution in [3.05, 3.63) is 46.8 Å². The van der Waals surface area contributed by atoms with Crippen molar-refractivity contribution in [2.45, 2.75) is 52.6 Å². The summed E-state index contributed by atoms with van der Waals surface area (Å²) in [6.45, 7) is 10.6. The van der Waals surface area contributed by atoms with Crippen molar-refractivity contribution in [2.24, 2.45) is 12.0 Å². The maximum atomic E-state index is 4.52. The smallest absolute Gasteiger partial charge is 0.191 e. The van der Waals surface area contributed by atoms with E-state index in [1.165, 1.54) is 22.5 Å². The lowest BCUT2D eigenvalue weighted by Gasteiger charge is -2.28. The van der Waals surface area contributed by atoms with Crippen LogP contribution in [0.2, 0.25) is 0 Å². The van der Waals surface area contributed by atoms with Crippen LogP contribution in [-0.2, 0) is 19.9 Å². The zero-order valence-corrected chi connectivity index (χ0v) is 20.8. The van der Waals surface area contributed by atoms with Crippen molar-refractivity contribution >= 4 is 35.6 Å². The quantitative estimate of drug-likeness (QED) is 0.356. The molecule has 2 N–H and O–H groups in total. The topological polar surface area (TPSA) is 57.5 Å². The molecule has 0 saturated heterocycles. The number of hydrogen-bond acceptors (Lipinski definition) is 3. The van der Waals surface area contributed by atoms with Crippen LogP contribution in [0.25, 0.3) is 0 Å². The zero-order chi connectivity index (χ0) is 20.3. The number of fused-ring (bicyclic) bond motifs is 1. The van der Waals surface area contributed by atoms with E-state index in [0.717, 1.165) is 37.6 Å². The van der Waals surface area contributed by atoms with Gasteiger partial charge in [-0.25, -0.2) is 0 Å². The lowest BCUT2D eigenvalue weighted by Crippen LogP contribution is -2.48. The Morgan fingerprint density at radius 2 is 1.97 bits per heavy atom. The Kier molecular flexibility index (Phi) is 8.36. The predicted octanol–water partition coefficient (Wildman–Crippen LogP) is 3.20. The fraction of sp³-hybridized carbons (Fsp3) is 0.545. The molecule has 1 aromatic carbocycles. The monoisotopic (exact) mass is 510 g/mol. The van der Waals surface area contributed by atoms with E-state index >= 15 is 0 Å².